The largest absolute Gasteiger partial charge is 0.264 e. The highest BCUT2D eigenvalue weighted by Crippen LogP contribution is 2.13. The Kier molecular flexibility index (Phi) is 5.25. The maximum Gasteiger partial charge on any atom is 0.216 e. The van der Waals surface area contributed by atoms with Crippen molar-refractivity contribution >= 4 is 10.0 Å². The Morgan fingerprint density at radius 3 is 2.72 bits per heavy atom. The normalized spacial score (nSPS) is 11.7. The van der Waals surface area contributed by atoms with Gasteiger partial charge < -0.3 is 0 Å². The fourth-order valence-corrected chi connectivity index (χ4v) is 2.74. The van der Waals surface area contributed by atoms with Crippen molar-refractivity contribution in [3.8, 4) is 6.07 Å². The molecule has 0 aromatic carbocycles. The molecule has 1 heterocycles. The van der Waals surface area contributed by atoms with Crippen LogP contribution in [0, 0.1) is 11.3 Å². The van der Waals surface area contributed by atoms with Crippen LogP contribution in [0.25, 0.3) is 0 Å². The van der Waals surface area contributed by atoms with Gasteiger partial charge in [-0.05, 0) is 25.5 Å². The number of aromatic nitrogens is 1. The summed E-state index contributed by atoms with van der Waals surface area (Å²) in [4.78, 5) is 3.96. The predicted octanol–water partition coefficient (Wildman–Crippen LogP) is 1.54. The van der Waals surface area contributed by atoms with E-state index in [0.717, 1.165) is 5.56 Å². The molecule has 6 heteroatoms. The van der Waals surface area contributed by atoms with Gasteiger partial charge in [0.1, 0.15) is 0 Å². The van der Waals surface area contributed by atoms with Gasteiger partial charge in [0.2, 0.25) is 10.0 Å². The van der Waals surface area contributed by atoms with Gasteiger partial charge in [0.25, 0.3) is 0 Å². The SMILES string of the molecule is CC(C)S(=O)(=O)N(CCC#N)Cc1cccnc1. The van der Waals surface area contributed by atoms with Crippen LogP contribution in [0.2, 0.25) is 0 Å². The molecule has 5 nitrogen and oxygen atoms in total. The number of nitriles is 1. The summed E-state index contributed by atoms with van der Waals surface area (Å²) in [5.41, 5.74) is 0.819. The van der Waals surface area contributed by atoms with E-state index in [2.05, 4.69) is 4.98 Å². The molecule has 0 aliphatic carbocycles. The summed E-state index contributed by atoms with van der Waals surface area (Å²) < 4.78 is 25.6. The fourth-order valence-electron chi connectivity index (χ4n) is 1.46. The lowest BCUT2D eigenvalue weighted by Crippen LogP contribution is -2.36. The molecule has 0 fully saturated rings. The van der Waals surface area contributed by atoms with Crippen molar-refractivity contribution in [1.82, 2.24) is 9.29 Å². The molecule has 0 bridgehead atoms. The van der Waals surface area contributed by atoms with Gasteiger partial charge in [-0.25, -0.2) is 8.42 Å². The first-order valence-electron chi connectivity index (χ1n) is 5.73. The van der Waals surface area contributed by atoms with Crippen molar-refractivity contribution in [2.45, 2.75) is 32.1 Å². The molecule has 0 atom stereocenters. The van der Waals surface area contributed by atoms with Crippen molar-refractivity contribution in [3.05, 3.63) is 30.1 Å². The molecule has 0 saturated heterocycles. The molecule has 0 N–H and O–H groups in total. The molecule has 0 saturated carbocycles. The monoisotopic (exact) mass is 267 g/mol. The first kappa shape index (κ1) is 14.6. The molecule has 0 unspecified atom stereocenters. The van der Waals surface area contributed by atoms with Gasteiger partial charge >= 0.3 is 0 Å². The van der Waals surface area contributed by atoms with E-state index < -0.39 is 15.3 Å². The summed E-state index contributed by atoms with van der Waals surface area (Å²) in [6.07, 6.45) is 3.46. The summed E-state index contributed by atoms with van der Waals surface area (Å²) >= 11 is 0. The molecule has 18 heavy (non-hydrogen) atoms. The van der Waals surface area contributed by atoms with E-state index in [9.17, 15) is 8.42 Å². The van der Waals surface area contributed by atoms with Crippen molar-refractivity contribution in [2.24, 2.45) is 0 Å². The summed E-state index contributed by atoms with van der Waals surface area (Å²) in [6.45, 7) is 3.75. The molecule has 0 amide bonds. The molecule has 1 aromatic heterocycles. The smallest absolute Gasteiger partial charge is 0.216 e. The Morgan fingerprint density at radius 2 is 2.22 bits per heavy atom. The zero-order chi connectivity index (χ0) is 13.6. The van der Waals surface area contributed by atoms with E-state index in [0.29, 0.717) is 0 Å². The second kappa shape index (κ2) is 6.47. The Labute approximate surface area is 108 Å². The summed E-state index contributed by atoms with van der Waals surface area (Å²) in [7, 11) is -3.35. The lowest BCUT2D eigenvalue weighted by atomic mass is 10.3. The maximum atomic E-state index is 12.1. The highest BCUT2D eigenvalue weighted by molar-refractivity contribution is 7.89. The Morgan fingerprint density at radius 1 is 1.50 bits per heavy atom. The highest BCUT2D eigenvalue weighted by Gasteiger charge is 2.25. The van der Waals surface area contributed by atoms with E-state index in [1.165, 1.54) is 4.31 Å². The highest BCUT2D eigenvalue weighted by atomic mass is 32.2. The number of nitrogens with zero attached hydrogens (tertiary/aromatic N) is 3. The van der Waals surface area contributed by atoms with Gasteiger partial charge in [0.15, 0.2) is 0 Å². The van der Waals surface area contributed by atoms with E-state index in [1.807, 2.05) is 12.1 Å². The van der Waals surface area contributed by atoms with Crippen LogP contribution in [0.15, 0.2) is 24.5 Å². The minimum Gasteiger partial charge on any atom is -0.264 e. The van der Waals surface area contributed by atoms with Crippen LogP contribution in [0.5, 0.6) is 0 Å². The van der Waals surface area contributed by atoms with Crippen LogP contribution in [-0.4, -0.2) is 29.5 Å². The van der Waals surface area contributed by atoms with Crippen LogP contribution in [0.3, 0.4) is 0 Å². The average molecular weight is 267 g/mol. The molecule has 0 aliphatic heterocycles. The zero-order valence-corrected chi connectivity index (χ0v) is 11.4. The summed E-state index contributed by atoms with van der Waals surface area (Å²) in [6, 6.07) is 5.56. The Hall–Kier alpha value is -1.45. The minimum atomic E-state index is -3.35. The average Bonchev–Trinajstić information content (AvgIpc) is 2.35. The number of hydrogen-bond donors (Lipinski definition) is 0. The van der Waals surface area contributed by atoms with Gasteiger partial charge in [-0.1, -0.05) is 6.07 Å². The van der Waals surface area contributed by atoms with Gasteiger partial charge in [-0.3, -0.25) is 4.98 Å². The zero-order valence-electron chi connectivity index (χ0n) is 10.6. The van der Waals surface area contributed by atoms with Crippen LogP contribution < -0.4 is 0 Å². The second-order valence-electron chi connectivity index (χ2n) is 4.20. The van der Waals surface area contributed by atoms with Crippen LogP contribution in [-0.2, 0) is 16.6 Å². The third-order valence-electron chi connectivity index (χ3n) is 2.51. The number of hydrogen-bond acceptors (Lipinski definition) is 4. The fraction of sp³-hybridized carbons (Fsp3) is 0.500. The topological polar surface area (TPSA) is 74.1 Å². The molecule has 1 aromatic rings. The molecule has 0 radical (unpaired) electrons. The van der Waals surface area contributed by atoms with Gasteiger partial charge in [-0.2, -0.15) is 9.57 Å². The van der Waals surface area contributed by atoms with Crippen molar-refractivity contribution < 1.29 is 8.42 Å². The van der Waals surface area contributed by atoms with E-state index in [1.54, 1.807) is 32.3 Å². The number of pyridine rings is 1. The maximum absolute atomic E-state index is 12.1. The lowest BCUT2D eigenvalue weighted by Gasteiger charge is -2.23. The number of sulfonamides is 1. The quantitative estimate of drug-likeness (QED) is 0.783. The molecule has 0 spiro atoms. The molecular formula is C12H17N3O2S. The predicted molar refractivity (Wildman–Crippen MR) is 68.9 cm³/mol. The molecule has 1 rings (SSSR count). The Balaban J connectivity index is 2.90. The molecular weight excluding hydrogens is 250 g/mol. The van der Waals surface area contributed by atoms with Crippen LogP contribution in [0.4, 0.5) is 0 Å². The first-order chi connectivity index (χ1) is 8.48. The standard InChI is InChI=1S/C12H17N3O2S/c1-11(2)18(16,17)15(8-4-6-13)10-12-5-3-7-14-9-12/h3,5,7,9,11H,4,8,10H2,1-2H3. The number of rotatable bonds is 6. The van der Waals surface area contributed by atoms with E-state index >= 15 is 0 Å². The van der Waals surface area contributed by atoms with Gasteiger partial charge in [0, 0.05) is 31.9 Å². The third kappa shape index (κ3) is 3.79. The van der Waals surface area contributed by atoms with Crippen molar-refractivity contribution in [2.75, 3.05) is 6.54 Å². The third-order valence-corrected chi connectivity index (χ3v) is 4.73. The van der Waals surface area contributed by atoms with Crippen molar-refractivity contribution in [1.29, 1.82) is 5.26 Å². The van der Waals surface area contributed by atoms with Crippen LogP contribution >= 0.6 is 0 Å². The van der Waals surface area contributed by atoms with Gasteiger partial charge in [0.05, 0.1) is 11.3 Å². The minimum absolute atomic E-state index is 0.187. The van der Waals surface area contributed by atoms with Crippen molar-refractivity contribution in [3.63, 3.8) is 0 Å². The summed E-state index contributed by atoms with van der Waals surface area (Å²) in [5.74, 6) is 0. The Bertz CT molecular complexity index is 506. The van der Waals surface area contributed by atoms with E-state index in [-0.39, 0.29) is 19.5 Å². The van der Waals surface area contributed by atoms with Crippen LogP contribution in [0.1, 0.15) is 25.8 Å². The molecule has 0 aliphatic rings. The second-order valence-corrected chi connectivity index (χ2v) is 6.69. The summed E-state index contributed by atoms with van der Waals surface area (Å²) in [5, 5.41) is 8.11. The lowest BCUT2D eigenvalue weighted by molar-refractivity contribution is 0.407. The molecule has 98 valence electrons. The first-order valence-corrected chi connectivity index (χ1v) is 7.23. The van der Waals surface area contributed by atoms with E-state index in [4.69, 9.17) is 5.26 Å². The van der Waals surface area contributed by atoms with Gasteiger partial charge in [-0.15, -0.1) is 0 Å².